The van der Waals surface area contributed by atoms with Crippen molar-refractivity contribution in [2.45, 2.75) is 50.3 Å². The Labute approximate surface area is 198 Å². The van der Waals surface area contributed by atoms with Gasteiger partial charge in [0.2, 0.25) is 5.91 Å². The molecule has 3 atom stereocenters. The Kier molecular flexibility index (Phi) is 6.61. The lowest BCUT2D eigenvalue weighted by Crippen LogP contribution is -2.61. The van der Waals surface area contributed by atoms with Gasteiger partial charge in [-0.05, 0) is 54.9 Å². The Bertz CT molecular complexity index is 1050. The first kappa shape index (κ1) is 23.8. The van der Waals surface area contributed by atoms with E-state index in [9.17, 15) is 19.5 Å². The summed E-state index contributed by atoms with van der Waals surface area (Å²) in [7, 11) is 1.42. The Balaban J connectivity index is 1.44. The minimum atomic E-state index is -1.40. The summed E-state index contributed by atoms with van der Waals surface area (Å²) in [5, 5.41) is 14.8. The van der Waals surface area contributed by atoms with Gasteiger partial charge in [0.05, 0.1) is 6.10 Å². The number of carboxylic acids is 1. The zero-order chi connectivity index (χ0) is 24.5. The predicted molar refractivity (Wildman–Crippen MR) is 125 cm³/mol. The average Bonchev–Trinajstić information content (AvgIpc) is 3.64. The number of alkyl carbamates (subject to hydrolysis) is 1. The van der Waals surface area contributed by atoms with Crippen molar-refractivity contribution >= 4 is 18.0 Å². The molecule has 0 spiro atoms. The first-order chi connectivity index (χ1) is 16.3. The maximum absolute atomic E-state index is 13.0. The topological polar surface area (TPSA) is 114 Å². The third-order valence-corrected chi connectivity index (χ3v) is 6.96. The minimum absolute atomic E-state index is 0.102. The number of ether oxygens (including phenoxy) is 2. The van der Waals surface area contributed by atoms with Gasteiger partial charge in [0.15, 0.2) is 0 Å². The summed E-state index contributed by atoms with van der Waals surface area (Å²) < 4.78 is 10.8. The first-order valence-corrected chi connectivity index (χ1v) is 11.5. The van der Waals surface area contributed by atoms with Crippen LogP contribution in [0.15, 0.2) is 48.5 Å². The van der Waals surface area contributed by atoms with E-state index in [-0.39, 0.29) is 18.4 Å². The summed E-state index contributed by atoms with van der Waals surface area (Å²) in [5.41, 5.74) is 3.00. The maximum atomic E-state index is 13.0. The Morgan fingerprint density at radius 1 is 1.06 bits per heavy atom. The zero-order valence-corrected chi connectivity index (χ0v) is 19.5. The van der Waals surface area contributed by atoms with Crippen molar-refractivity contribution in [3.05, 3.63) is 59.7 Å². The molecule has 0 heterocycles. The van der Waals surface area contributed by atoms with Crippen molar-refractivity contribution in [2.24, 2.45) is 5.92 Å². The molecular formula is C26H30N2O6. The number of aliphatic carboxylic acids is 1. The first-order valence-electron chi connectivity index (χ1n) is 11.5. The van der Waals surface area contributed by atoms with Crippen molar-refractivity contribution in [1.82, 2.24) is 10.6 Å². The molecule has 0 saturated heterocycles. The van der Waals surface area contributed by atoms with Gasteiger partial charge in [0, 0.05) is 13.0 Å². The van der Waals surface area contributed by atoms with Crippen LogP contribution in [0, 0.1) is 5.92 Å². The molecule has 0 bridgehead atoms. The Hall–Kier alpha value is -3.39. The van der Waals surface area contributed by atoms with E-state index in [2.05, 4.69) is 10.6 Å². The Morgan fingerprint density at radius 3 is 2.12 bits per heavy atom. The lowest BCUT2D eigenvalue weighted by molar-refractivity contribution is -0.148. The molecule has 0 radical (unpaired) electrons. The van der Waals surface area contributed by atoms with E-state index in [0.717, 1.165) is 35.1 Å². The fourth-order valence-corrected chi connectivity index (χ4v) is 4.62. The predicted octanol–water partition coefficient (Wildman–Crippen LogP) is 3.30. The van der Waals surface area contributed by atoms with E-state index in [1.54, 1.807) is 6.92 Å². The molecule has 2 aromatic carbocycles. The number of rotatable bonds is 9. The quantitative estimate of drug-likeness (QED) is 0.523. The van der Waals surface area contributed by atoms with Gasteiger partial charge in [-0.2, -0.15) is 0 Å². The van der Waals surface area contributed by atoms with E-state index in [4.69, 9.17) is 9.47 Å². The highest BCUT2D eigenvalue weighted by atomic mass is 16.5. The minimum Gasteiger partial charge on any atom is -0.480 e. The molecule has 0 aliphatic heterocycles. The van der Waals surface area contributed by atoms with E-state index >= 15 is 0 Å². The SMILES string of the molecule is COC(C)C(NC(=O)OCC1c2ccccc2-c2ccccc21)C(=O)NC(C)(C(=O)O)C1CC1. The molecule has 0 aromatic heterocycles. The number of carbonyl (C=O) groups excluding carboxylic acids is 2. The molecule has 2 amide bonds. The number of benzene rings is 2. The fourth-order valence-electron chi connectivity index (χ4n) is 4.62. The second-order valence-corrected chi connectivity index (χ2v) is 9.16. The largest absolute Gasteiger partial charge is 0.480 e. The summed E-state index contributed by atoms with van der Waals surface area (Å²) in [6, 6.07) is 14.9. The third-order valence-electron chi connectivity index (χ3n) is 6.96. The summed E-state index contributed by atoms with van der Waals surface area (Å²) in [6.07, 6.45) is -0.00656. The van der Waals surface area contributed by atoms with Gasteiger partial charge in [-0.3, -0.25) is 4.79 Å². The van der Waals surface area contributed by atoms with Gasteiger partial charge >= 0.3 is 12.1 Å². The van der Waals surface area contributed by atoms with Crippen molar-refractivity contribution in [3.63, 3.8) is 0 Å². The highest BCUT2D eigenvalue weighted by Crippen LogP contribution is 2.44. The molecule has 3 unspecified atom stereocenters. The lowest BCUT2D eigenvalue weighted by atomic mass is 9.95. The van der Waals surface area contributed by atoms with E-state index in [0.29, 0.717) is 0 Å². The number of carboxylic acid groups (broad SMARTS) is 1. The van der Waals surface area contributed by atoms with E-state index < -0.39 is 35.7 Å². The van der Waals surface area contributed by atoms with Crippen LogP contribution in [0.4, 0.5) is 4.79 Å². The molecule has 1 fully saturated rings. The normalized spacial score (nSPS) is 18.1. The van der Waals surface area contributed by atoms with Crippen LogP contribution in [0.25, 0.3) is 11.1 Å². The Morgan fingerprint density at radius 2 is 1.62 bits per heavy atom. The molecule has 2 aromatic rings. The van der Waals surface area contributed by atoms with Crippen molar-refractivity contribution in [3.8, 4) is 11.1 Å². The van der Waals surface area contributed by atoms with Crippen molar-refractivity contribution < 1.29 is 29.0 Å². The number of nitrogens with one attached hydrogen (secondary N) is 2. The zero-order valence-electron chi connectivity index (χ0n) is 19.5. The molecule has 8 heteroatoms. The van der Waals surface area contributed by atoms with Gasteiger partial charge < -0.3 is 25.2 Å². The second kappa shape index (κ2) is 9.46. The van der Waals surface area contributed by atoms with Gasteiger partial charge in [0.25, 0.3) is 0 Å². The number of methoxy groups -OCH3 is 1. The van der Waals surface area contributed by atoms with Crippen molar-refractivity contribution in [2.75, 3.05) is 13.7 Å². The van der Waals surface area contributed by atoms with Crippen LogP contribution in [0.1, 0.15) is 43.7 Å². The van der Waals surface area contributed by atoms with Crippen LogP contribution < -0.4 is 10.6 Å². The number of fused-ring (bicyclic) bond motifs is 3. The monoisotopic (exact) mass is 466 g/mol. The molecule has 2 aliphatic rings. The van der Waals surface area contributed by atoms with E-state index in [1.165, 1.54) is 14.0 Å². The lowest BCUT2D eigenvalue weighted by Gasteiger charge is -2.30. The van der Waals surface area contributed by atoms with Gasteiger partial charge in [0.1, 0.15) is 18.2 Å². The number of hydrogen-bond acceptors (Lipinski definition) is 5. The summed E-state index contributed by atoms with van der Waals surface area (Å²) in [6.45, 7) is 3.22. The fraction of sp³-hybridized carbons (Fsp3) is 0.423. The molecule has 1 saturated carbocycles. The third kappa shape index (κ3) is 4.50. The van der Waals surface area contributed by atoms with Crippen molar-refractivity contribution in [1.29, 1.82) is 0 Å². The number of amides is 2. The van der Waals surface area contributed by atoms with Crippen LogP contribution in [0.3, 0.4) is 0 Å². The number of hydrogen-bond donors (Lipinski definition) is 3. The molecule has 2 aliphatic carbocycles. The molecular weight excluding hydrogens is 436 g/mol. The van der Waals surface area contributed by atoms with Crippen LogP contribution >= 0.6 is 0 Å². The summed E-state index contributed by atoms with van der Waals surface area (Å²) >= 11 is 0. The van der Waals surface area contributed by atoms with Crippen LogP contribution in [0.5, 0.6) is 0 Å². The average molecular weight is 467 g/mol. The standard InChI is InChI=1S/C26H30N2O6/c1-15(33-3)22(23(29)28-26(2,24(30)31)16-12-13-16)27-25(32)34-14-21-19-10-6-4-8-17(19)18-9-5-7-11-20(18)21/h4-11,15-16,21-22H,12-14H2,1-3H3,(H,27,32)(H,28,29)(H,30,31). The smallest absolute Gasteiger partial charge is 0.407 e. The maximum Gasteiger partial charge on any atom is 0.407 e. The second-order valence-electron chi connectivity index (χ2n) is 9.16. The summed E-state index contributed by atoms with van der Waals surface area (Å²) in [5.74, 6) is -1.98. The molecule has 3 N–H and O–H groups in total. The van der Waals surface area contributed by atoms with Gasteiger partial charge in [-0.25, -0.2) is 9.59 Å². The van der Waals surface area contributed by atoms with Gasteiger partial charge in [-0.15, -0.1) is 0 Å². The highest BCUT2D eigenvalue weighted by molar-refractivity contribution is 5.92. The molecule has 4 rings (SSSR count). The van der Waals surface area contributed by atoms with Crippen LogP contribution in [-0.4, -0.2) is 54.5 Å². The van der Waals surface area contributed by atoms with Gasteiger partial charge in [-0.1, -0.05) is 48.5 Å². The molecule has 180 valence electrons. The number of carbonyl (C=O) groups is 3. The van der Waals surface area contributed by atoms with Crippen LogP contribution in [0.2, 0.25) is 0 Å². The van der Waals surface area contributed by atoms with E-state index in [1.807, 2.05) is 48.5 Å². The highest BCUT2D eigenvalue weighted by Gasteiger charge is 2.49. The molecule has 8 nitrogen and oxygen atoms in total. The molecule has 34 heavy (non-hydrogen) atoms. The van der Waals surface area contributed by atoms with Crippen LogP contribution in [-0.2, 0) is 19.1 Å². The summed E-state index contributed by atoms with van der Waals surface area (Å²) in [4.78, 5) is 37.5.